The number of rotatable bonds is 34. The van der Waals surface area contributed by atoms with Crippen LogP contribution in [0.25, 0.3) is 0 Å². The first kappa shape index (κ1) is 50.8. The van der Waals surface area contributed by atoms with Crippen LogP contribution in [0.15, 0.2) is 48.6 Å². The zero-order valence-corrected chi connectivity index (χ0v) is 35.5. The quantitative estimate of drug-likeness (QED) is 0.0371. The van der Waals surface area contributed by atoms with Crippen LogP contribution in [0.5, 0.6) is 0 Å². The molecule has 1 aliphatic heterocycles. The van der Waals surface area contributed by atoms with Gasteiger partial charge in [0.2, 0.25) is 0 Å². The van der Waals surface area contributed by atoms with Gasteiger partial charge in [0.05, 0.1) is 13.2 Å². The Morgan fingerprint density at radius 3 is 1.08 bits per heavy atom. The highest BCUT2D eigenvalue weighted by Gasteiger charge is 2.54. The molecule has 1 saturated heterocycles. The fourth-order valence-electron chi connectivity index (χ4n) is 6.53. The molecule has 0 amide bonds. The van der Waals surface area contributed by atoms with Crippen molar-refractivity contribution in [3.63, 3.8) is 0 Å². The van der Waals surface area contributed by atoms with E-state index in [4.69, 9.17) is 18.9 Å². The summed E-state index contributed by atoms with van der Waals surface area (Å²) in [4.78, 5) is 25.7. The van der Waals surface area contributed by atoms with Crippen molar-refractivity contribution < 1.29 is 28.5 Å². The first-order valence-corrected chi connectivity index (χ1v) is 22.3. The van der Waals surface area contributed by atoms with E-state index in [2.05, 4.69) is 62.5 Å². The van der Waals surface area contributed by atoms with Crippen molar-refractivity contribution in [1.82, 2.24) is 0 Å². The number of esters is 2. The predicted octanol–water partition coefficient (Wildman–Crippen LogP) is 14.0. The van der Waals surface area contributed by atoms with Crippen LogP contribution in [-0.2, 0) is 28.5 Å². The molecular formula is C47H84O6. The Bertz CT molecular complexity index is 875. The molecule has 1 rings (SSSR count). The van der Waals surface area contributed by atoms with E-state index >= 15 is 0 Å². The van der Waals surface area contributed by atoms with Crippen molar-refractivity contribution in [3.05, 3.63) is 48.6 Å². The molecule has 1 heterocycles. The second-order valence-electron chi connectivity index (χ2n) is 14.2. The lowest BCUT2D eigenvalue weighted by molar-refractivity contribution is -0.197. The van der Waals surface area contributed by atoms with Crippen LogP contribution in [0.4, 0.5) is 0 Å². The lowest BCUT2D eigenvalue weighted by Gasteiger charge is -2.28. The molecule has 0 radical (unpaired) electrons. The number of allylic oxidation sites excluding steroid dienone is 8. The Kier molecular flexibility index (Phi) is 36.5. The number of hydrogen-bond donors (Lipinski definition) is 0. The molecule has 0 aromatic carbocycles. The van der Waals surface area contributed by atoms with Crippen molar-refractivity contribution in [2.75, 3.05) is 13.2 Å². The van der Waals surface area contributed by atoms with Crippen molar-refractivity contribution >= 4 is 11.9 Å². The zero-order valence-electron chi connectivity index (χ0n) is 35.5. The lowest BCUT2D eigenvalue weighted by Crippen LogP contribution is -2.39. The van der Waals surface area contributed by atoms with Crippen molar-refractivity contribution in [3.8, 4) is 0 Å². The smallest absolute Gasteiger partial charge is 0.338 e. The van der Waals surface area contributed by atoms with E-state index in [1.807, 2.05) is 13.8 Å². The predicted molar refractivity (Wildman–Crippen MR) is 225 cm³/mol. The second kappa shape index (κ2) is 38.1. The summed E-state index contributed by atoms with van der Waals surface area (Å²) in [6.45, 7) is 12.5. The summed E-state index contributed by atoms with van der Waals surface area (Å²) in [7, 11) is 0. The third-order valence-corrected chi connectivity index (χ3v) is 9.51. The minimum atomic E-state index is -1.08. The van der Waals surface area contributed by atoms with Gasteiger partial charge in [-0.2, -0.15) is 0 Å². The van der Waals surface area contributed by atoms with Gasteiger partial charge in [-0.25, -0.2) is 9.59 Å². The van der Waals surface area contributed by atoms with Gasteiger partial charge in [0.1, 0.15) is 0 Å². The van der Waals surface area contributed by atoms with E-state index in [-0.39, 0.29) is 13.2 Å². The van der Waals surface area contributed by atoms with Crippen molar-refractivity contribution in [1.29, 1.82) is 0 Å². The highest BCUT2D eigenvalue weighted by atomic mass is 16.8. The Morgan fingerprint density at radius 1 is 0.453 bits per heavy atom. The van der Waals surface area contributed by atoms with Gasteiger partial charge in [-0.05, 0) is 90.9 Å². The minimum Gasteiger partial charge on any atom is -0.464 e. The molecule has 2 unspecified atom stereocenters. The fraction of sp³-hybridized carbons (Fsp3) is 0.787. The molecule has 2 atom stereocenters. The van der Waals surface area contributed by atoms with Gasteiger partial charge in [0, 0.05) is 12.8 Å². The molecule has 0 bridgehead atoms. The molecule has 53 heavy (non-hydrogen) atoms. The normalized spacial score (nSPS) is 16.9. The molecular weight excluding hydrogens is 661 g/mol. The van der Waals surface area contributed by atoms with E-state index in [0.717, 1.165) is 64.2 Å². The maximum absolute atomic E-state index is 12.8. The number of unbranched alkanes of at least 4 members (excludes halogenated alkanes) is 18. The maximum Gasteiger partial charge on any atom is 0.338 e. The maximum atomic E-state index is 12.8. The van der Waals surface area contributed by atoms with Gasteiger partial charge in [-0.15, -0.1) is 0 Å². The molecule has 1 fully saturated rings. The topological polar surface area (TPSA) is 71.1 Å². The average molecular weight is 745 g/mol. The summed E-state index contributed by atoms with van der Waals surface area (Å²) < 4.78 is 23.3. The standard InChI is InChI=1S/C45H78O6.C2H6/c1-5-9-11-13-15-17-19-21-23-25-27-29-31-33-35-37-39-45(50-41(43(46)48-7-3)42(51-45)44(47)49-8-4)40-38-36-34-32-30-28-26-24-22-20-18-16-14-12-10-6-2;1-2/h15-18,21-24,41-42H,5-14,19-20,25-40H2,1-4H3;1-2H3/b17-15-,18-16-,23-21-,24-22-;. The van der Waals surface area contributed by atoms with Crippen molar-refractivity contribution in [2.45, 2.75) is 226 Å². The van der Waals surface area contributed by atoms with E-state index in [1.165, 1.54) is 89.9 Å². The number of ether oxygens (including phenoxy) is 4. The Labute approximate surface area is 328 Å². The van der Waals surface area contributed by atoms with Crippen LogP contribution in [-0.4, -0.2) is 43.1 Å². The zero-order chi connectivity index (χ0) is 39.1. The summed E-state index contributed by atoms with van der Waals surface area (Å²) in [6, 6.07) is 0. The summed E-state index contributed by atoms with van der Waals surface area (Å²) in [6.07, 6.45) is 45.9. The molecule has 0 saturated carbocycles. The monoisotopic (exact) mass is 745 g/mol. The van der Waals surface area contributed by atoms with E-state index in [0.29, 0.717) is 12.8 Å². The largest absolute Gasteiger partial charge is 0.464 e. The molecule has 1 aliphatic rings. The SMILES string of the molecule is CC.CCCCC/C=C\C/C=C\CCCCCCCCC1(CCCCCCCC/C=C\C/C=C\CCCCC)OC(C(=O)OCC)C(C(=O)OCC)O1. The van der Waals surface area contributed by atoms with Crippen LogP contribution >= 0.6 is 0 Å². The van der Waals surface area contributed by atoms with Crippen LogP contribution in [0.1, 0.15) is 208 Å². The van der Waals surface area contributed by atoms with Gasteiger partial charge in [0.25, 0.3) is 0 Å². The highest BCUT2D eigenvalue weighted by Crippen LogP contribution is 2.39. The third-order valence-electron chi connectivity index (χ3n) is 9.51. The first-order chi connectivity index (χ1) is 26.0. The molecule has 6 heteroatoms. The van der Waals surface area contributed by atoms with E-state index in [9.17, 15) is 9.59 Å². The summed E-state index contributed by atoms with van der Waals surface area (Å²) in [5.74, 6) is -2.06. The van der Waals surface area contributed by atoms with Crippen molar-refractivity contribution in [2.24, 2.45) is 0 Å². The van der Waals surface area contributed by atoms with Gasteiger partial charge in [-0.3, -0.25) is 0 Å². The Morgan fingerprint density at radius 2 is 0.755 bits per heavy atom. The lowest BCUT2D eigenvalue weighted by atomic mass is 9.98. The van der Waals surface area contributed by atoms with E-state index in [1.54, 1.807) is 13.8 Å². The number of carbonyl (C=O) groups excluding carboxylic acids is 2. The van der Waals surface area contributed by atoms with Gasteiger partial charge < -0.3 is 18.9 Å². The minimum absolute atomic E-state index is 0.221. The van der Waals surface area contributed by atoms with Crippen LogP contribution in [0.2, 0.25) is 0 Å². The second-order valence-corrected chi connectivity index (χ2v) is 14.2. The summed E-state index contributed by atoms with van der Waals surface area (Å²) in [5, 5.41) is 0. The third kappa shape index (κ3) is 28.0. The molecule has 0 spiro atoms. The first-order valence-electron chi connectivity index (χ1n) is 22.3. The van der Waals surface area contributed by atoms with Gasteiger partial charge in [-0.1, -0.05) is 153 Å². The van der Waals surface area contributed by atoms with Crippen LogP contribution in [0.3, 0.4) is 0 Å². The highest BCUT2D eigenvalue weighted by molar-refractivity contribution is 5.86. The number of hydrogen-bond acceptors (Lipinski definition) is 6. The number of carbonyl (C=O) groups is 2. The van der Waals surface area contributed by atoms with E-state index < -0.39 is 29.9 Å². The van der Waals surface area contributed by atoms with Crippen LogP contribution in [0, 0.1) is 0 Å². The van der Waals surface area contributed by atoms with Gasteiger partial charge >= 0.3 is 11.9 Å². The van der Waals surface area contributed by atoms with Crippen LogP contribution < -0.4 is 0 Å². The molecule has 0 aromatic heterocycles. The fourth-order valence-corrected chi connectivity index (χ4v) is 6.53. The molecule has 0 N–H and O–H groups in total. The molecule has 6 nitrogen and oxygen atoms in total. The summed E-state index contributed by atoms with van der Waals surface area (Å²) in [5.41, 5.74) is 0. The Hall–Kier alpha value is -2.18. The average Bonchev–Trinajstić information content (AvgIpc) is 3.55. The molecule has 308 valence electrons. The molecule has 0 aliphatic carbocycles. The molecule has 0 aromatic rings. The Balaban J connectivity index is 0.0000133. The summed E-state index contributed by atoms with van der Waals surface area (Å²) >= 11 is 0. The van der Waals surface area contributed by atoms with Gasteiger partial charge in [0.15, 0.2) is 18.0 Å².